The minimum Gasteiger partial charge on any atom is -0.310 e. The minimum absolute atomic E-state index is 0.575. The summed E-state index contributed by atoms with van der Waals surface area (Å²) in [5.74, 6) is 0.575. The van der Waals surface area contributed by atoms with Gasteiger partial charge >= 0.3 is 0 Å². The second-order valence-corrected chi connectivity index (χ2v) is 4.97. The van der Waals surface area contributed by atoms with Crippen molar-refractivity contribution in [2.24, 2.45) is 0 Å². The van der Waals surface area contributed by atoms with Gasteiger partial charge in [0.05, 0.1) is 0 Å². The van der Waals surface area contributed by atoms with Crippen molar-refractivity contribution >= 4 is 0 Å². The largest absolute Gasteiger partial charge is 0.310 e. The van der Waals surface area contributed by atoms with Gasteiger partial charge in [-0.15, -0.1) is 0 Å². The van der Waals surface area contributed by atoms with Crippen molar-refractivity contribution in [2.45, 2.75) is 31.2 Å². The van der Waals surface area contributed by atoms with E-state index in [1.54, 1.807) is 0 Å². The summed E-state index contributed by atoms with van der Waals surface area (Å²) in [5, 5.41) is 3.55. The summed E-state index contributed by atoms with van der Waals surface area (Å²) in [5.41, 5.74) is 2.88. The molecule has 2 atom stereocenters. The Hall–Kier alpha value is -1.34. The van der Waals surface area contributed by atoms with Crippen LogP contribution in [0.2, 0.25) is 0 Å². The zero-order chi connectivity index (χ0) is 11.5. The Morgan fingerprint density at radius 3 is 2.47 bits per heavy atom. The molecule has 1 heteroatoms. The van der Waals surface area contributed by atoms with Crippen molar-refractivity contribution in [1.29, 1.82) is 0 Å². The molecule has 2 unspecified atom stereocenters. The highest BCUT2D eigenvalue weighted by atomic mass is 14.9. The molecule has 0 bridgehead atoms. The summed E-state index contributed by atoms with van der Waals surface area (Å²) in [6.45, 7) is 1.17. The van der Waals surface area contributed by atoms with E-state index in [2.05, 4.69) is 53.9 Å². The van der Waals surface area contributed by atoms with Crippen LogP contribution in [0.5, 0.6) is 0 Å². The second kappa shape index (κ2) is 4.89. The fourth-order valence-corrected chi connectivity index (χ4v) is 2.77. The molecule has 1 saturated heterocycles. The second-order valence-electron chi connectivity index (χ2n) is 4.97. The van der Waals surface area contributed by atoms with E-state index in [0.29, 0.717) is 12.0 Å². The molecule has 1 heterocycles. The maximum atomic E-state index is 3.55. The van der Waals surface area contributed by atoms with E-state index in [4.69, 9.17) is 0 Å². The van der Waals surface area contributed by atoms with Crippen LogP contribution in [0, 0.1) is 0 Å². The van der Waals surface area contributed by atoms with E-state index in [-0.39, 0.29) is 0 Å². The molecule has 0 aromatic heterocycles. The Balaban J connectivity index is 1.75. The van der Waals surface area contributed by atoms with Gasteiger partial charge in [-0.25, -0.2) is 0 Å². The Morgan fingerprint density at radius 1 is 1.00 bits per heavy atom. The predicted molar refractivity (Wildman–Crippen MR) is 72.1 cm³/mol. The lowest BCUT2D eigenvalue weighted by Crippen LogP contribution is -2.12. The molecule has 1 fully saturated rings. The number of allylic oxidation sites excluding steroid dienone is 4. The predicted octanol–water partition coefficient (Wildman–Crippen LogP) is 3.71. The van der Waals surface area contributed by atoms with Crippen molar-refractivity contribution in [2.75, 3.05) is 6.54 Å². The van der Waals surface area contributed by atoms with Gasteiger partial charge < -0.3 is 5.32 Å². The first kappa shape index (κ1) is 10.8. The fourth-order valence-electron chi connectivity index (χ4n) is 2.77. The highest BCUT2D eigenvalue weighted by Gasteiger charge is 2.16. The highest BCUT2D eigenvalue weighted by Crippen LogP contribution is 2.28. The first-order valence-corrected chi connectivity index (χ1v) is 6.60. The summed E-state index contributed by atoms with van der Waals surface area (Å²) >= 11 is 0. The zero-order valence-corrected chi connectivity index (χ0v) is 10.1. The van der Waals surface area contributed by atoms with E-state index in [1.807, 2.05) is 0 Å². The smallest absolute Gasteiger partial charge is 0.0320 e. The van der Waals surface area contributed by atoms with Gasteiger partial charge in [0.15, 0.2) is 0 Å². The minimum atomic E-state index is 0.575. The topological polar surface area (TPSA) is 12.0 Å². The van der Waals surface area contributed by atoms with Gasteiger partial charge in [0.1, 0.15) is 0 Å². The third-order valence-corrected chi connectivity index (χ3v) is 3.81. The molecule has 0 radical (unpaired) electrons. The van der Waals surface area contributed by atoms with Crippen LogP contribution in [0.25, 0.3) is 0 Å². The molecule has 0 amide bonds. The molecule has 3 rings (SSSR count). The number of rotatable bonds is 2. The molecule has 1 aliphatic carbocycles. The Labute approximate surface area is 103 Å². The molecule has 17 heavy (non-hydrogen) atoms. The van der Waals surface area contributed by atoms with Crippen LogP contribution in [0.1, 0.15) is 42.3 Å². The Morgan fingerprint density at radius 2 is 1.82 bits per heavy atom. The summed E-state index contributed by atoms with van der Waals surface area (Å²) in [6.07, 6.45) is 12.6. The van der Waals surface area contributed by atoms with Crippen molar-refractivity contribution < 1.29 is 0 Å². The first-order valence-electron chi connectivity index (χ1n) is 6.60. The monoisotopic (exact) mass is 225 g/mol. The van der Waals surface area contributed by atoms with Gasteiger partial charge in [0.2, 0.25) is 0 Å². The normalized spacial score (nSPS) is 27.5. The number of nitrogens with one attached hydrogen (secondary N) is 1. The molecule has 1 N–H and O–H groups in total. The van der Waals surface area contributed by atoms with E-state index in [9.17, 15) is 0 Å². The Kier molecular flexibility index (Phi) is 3.10. The maximum absolute atomic E-state index is 3.55. The standard InChI is InChI=1S/C16H19N/c1-2-5-13(6-3-1)14-8-10-15(11-9-14)16-7-4-12-17-16/h1-3,5,8-11,13,16-17H,4,6-7,12H2. The van der Waals surface area contributed by atoms with E-state index in [0.717, 1.165) is 6.42 Å². The van der Waals surface area contributed by atoms with Crippen LogP contribution in [0.3, 0.4) is 0 Å². The molecule has 0 spiro atoms. The van der Waals surface area contributed by atoms with Crippen LogP contribution in [0.15, 0.2) is 48.6 Å². The molecule has 0 saturated carbocycles. The Bertz CT molecular complexity index is 421. The van der Waals surface area contributed by atoms with Crippen molar-refractivity contribution in [3.8, 4) is 0 Å². The first-order chi connectivity index (χ1) is 8.43. The van der Waals surface area contributed by atoms with E-state index < -0.39 is 0 Å². The zero-order valence-electron chi connectivity index (χ0n) is 10.1. The van der Waals surface area contributed by atoms with Crippen LogP contribution < -0.4 is 5.32 Å². The number of benzene rings is 1. The van der Waals surface area contributed by atoms with Gasteiger partial charge in [0, 0.05) is 12.0 Å². The molecule has 1 aromatic rings. The summed E-state index contributed by atoms with van der Waals surface area (Å²) in [6, 6.07) is 9.77. The molecule has 1 aliphatic heterocycles. The molecule has 2 aliphatic rings. The highest BCUT2D eigenvalue weighted by molar-refractivity contribution is 5.32. The van der Waals surface area contributed by atoms with Gasteiger partial charge in [-0.05, 0) is 36.9 Å². The van der Waals surface area contributed by atoms with Crippen LogP contribution in [-0.4, -0.2) is 6.54 Å². The molecule has 1 aromatic carbocycles. The molecular weight excluding hydrogens is 206 g/mol. The third kappa shape index (κ3) is 2.34. The lowest BCUT2D eigenvalue weighted by atomic mass is 9.91. The maximum Gasteiger partial charge on any atom is 0.0320 e. The van der Waals surface area contributed by atoms with Gasteiger partial charge in [0.25, 0.3) is 0 Å². The van der Waals surface area contributed by atoms with Gasteiger partial charge in [-0.2, -0.15) is 0 Å². The van der Waals surface area contributed by atoms with Crippen LogP contribution in [0.4, 0.5) is 0 Å². The lowest BCUT2D eigenvalue weighted by Gasteiger charge is -2.15. The van der Waals surface area contributed by atoms with Crippen LogP contribution >= 0.6 is 0 Å². The summed E-state index contributed by atoms with van der Waals surface area (Å²) < 4.78 is 0. The number of hydrogen-bond donors (Lipinski definition) is 1. The molecular formula is C16H19N. The number of hydrogen-bond acceptors (Lipinski definition) is 1. The average molecular weight is 225 g/mol. The van der Waals surface area contributed by atoms with Crippen molar-refractivity contribution in [3.05, 3.63) is 59.7 Å². The van der Waals surface area contributed by atoms with Crippen LogP contribution in [-0.2, 0) is 0 Å². The summed E-state index contributed by atoms with van der Waals surface area (Å²) in [4.78, 5) is 0. The molecule has 88 valence electrons. The quantitative estimate of drug-likeness (QED) is 0.809. The van der Waals surface area contributed by atoms with Crippen molar-refractivity contribution in [3.63, 3.8) is 0 Å². The average Bonchev–Trinajstić information content (AvgIpc) is 2.94. The molecule has 1 nitrogen and oxygen atoms in total. The van der Waals surface area contributed by atoms with Gasteiger partial charge in [-0.3, -0.25) is 0 Å². The van der Waals surface area contributed by atoms with E-state index >= 15 is 0 Å². The lowest BCUT2D eigenvalue weighted by molar-refractivity contribution is 0.647. The van der Waals surface area contributed by atoms with E-state index in [1.165, 1.54) is 30.5 Å². The fraction of sp³-hybridized carbons (Fsp3) is 0.375. The summed E-state index contributed by atoms with van der Waals surface area (Å²) in [7, 11) is 0. The van der Waals surface area contributed by atoms with Gasteiger partial charge in [-0.1, -0.05) is 48.6 Å². The SMILES string of the molecule is C1=CCC(c2ccc(C3CCCN3)cc2)C=C1. The van der Waals surface area contributed by atoms with Crippen molar-refractivity contribution in [1.82, 2.24) is 5.32 Å². The third-order valence-electron chi connectivity index (χ3n) is 3.81.